The fourth-order valence-corrected chi connectivity index (χ4v) is 4.78. The van der Waals surface area contributed by atoms with Crippen molar-refractivity contribution in [3.63, 3.8) is 0 Å². The number of nitrogens with one attached hydrogen (secondary N) is 2. The lowest BCUT2D eigenvalue weighted by molar-refractivity contribution is 0.975. The molecule has 126 valence electrons. The number of anilines is 3. The average molecular weight is 404 g/mol. The third-order valence-corrected chi connectivity index (χ3v) is 6.57. The molecular weight excluding hydrogens is 390 g/mol. The quantitative estimate of drug-likeness (QED) is 0.242. The molecule has 0 aliphatic heterocycles. The summed E-state index contributed by atoms with van der Waals surface area (Å²) >= 11 is 6.46. The molecule has 9 heteroatoms. The van der Waals surface area contributed by atoms with Crippen LogP contribution in [0.2, 0.25) is 0 Å². The van der Waals surface area contributed by atoms with Crippen molar-refractivity contribution in [1.82, 2.24) is 15.0 Å². The zero-order valence-corrected chi connectivity index (χ0v) is 16.4. The zero-order valence-electron chi connectivity index (χ0n) is 13.1. The van der Waals surface area contributed by atoms with Crippen molar-refractivity contribution in [2.24, 2.45) is 0 Å². The summed E-state index contributed by atoms with van der Waals surface area (Å²) in [7, 11) is 0. The number of benzene rings is 1. The number of aromatic nitrogens is 3. The van der Waals surface area contributed by atoms with E-state index in [0.717, 1.165) is 32.0 Å². The Balaban J connectivity index is 1.51. The first-order valence-corrected chi connectivity index (χ1v) is 11.0. The van der Waals surface area contributed by atoms with Gasteiger partial charge in [0.2, 0.25) is 0 Å². The van der Waals surface area contributed by atoms with Gasteiger partial charge in [0.05, 0.1) is 14.4 Å². The molecule has 0 saturated heterocycles. The van der Waals surface area contributed by atoms with E-state index in [4.69, 9.17) is 0 Å². The molecule has 0 aliphatic rings. The van der Waals surface area contributed by atoms with Gasteiger partial charge < -0.3 is 10.0 Å². The molecule has 25 heavy (non-hydrogen) atoms. The molecule has 0 radical (unpaired) electrons. The van der Waals surface area contributed by atoms with E-state index < -0.39 is 0 Å². The summed E-state index contributed by atoms with van der Waals surface area (Å²) in [5.41, 5.74) is 2.03. The van der Waals surface area contributed by atoms with Gasteiger partial charge in [0.25, 0.3) is 0 Å². The maximum absolute atomic E-state index is 4.62. The Morgan fingerprint density at radius 1 is 1.12 bits per heavy atom. The summed E-state index contributed by atoms with van der Waals surface area (Å²) in [5.74, 6) is 0.755. The van der Waals surface area contributed by atoms with E-state index in [0.29, 0.717) is 0 Å². The first-order valence-electron chi connectivity index (χ1n) is 7.31. The van der Waals surface area contributed by atoms with Gasteiger partial charge in [-0.15, -0.1) is 11.3 Å². The predicted molar refractivity (Wildman–Crippen MR) is 111 cm³/mol. The Morgan fingerprint density at radius 3 is 2.92 bits per heavy atom. The predicted octanol–water partition coefficient (Wildman–Crippen LogP) is 5.73. The van der Waals surface area contributed by atoms with E-state index in [9.17, 15) is 0 Å². The summed E-state index contributed by atoms with van der Waals surface area (Å²) in [6.45, 7) is 0. The van der Waals surface area contributed by atoms with Crippen LogP contribution in [0.25, 0.3) is 10.2 Å². The number of rotatable bonds is 6. The Kier molecular flexibility index (Phi) is 5.07. The van der Waals surface area contributed by atoms with Gasteiger partial charge in [-0.1, -0.05) is 29.2 Å². The number of thiophene rings is 1. The van der Waals surface area contributed by atoms with Gasteiger partial charge in [-0.2, -0.15) is 0 Å². The van der Waals surface area contributed by atoms with Gasteiger partial charge >= 0.3 is 0 Å². The summed E-state index contributed by atoms with van der Waals surface area (Å²) in [6, 6.07) is 12.2. The normalized spacial score (nSPS) is 10.9. The highest BCUT2D eigenvalue weighted by Gasteiger charge is 2.07. The van der Waals surface area contributed by atoms with Crippen LogP contribution < -0.4 is 10.0 Å². The lowest BCUT2D eigenvalue weighted by atomic mass is 10.3. The molecule has 4 rings (SSSR count). The number of hydrogen-bond donors (Lipinski definition) is 2. The topological polar surface area (TPSA) is 62.7 Å². The van der Waals surface area contributed by atoms with Gasteiger partial charge in [-0.3, -0.25) is 0 Å². The van der Waals surface area contributed by atoms with Gasteiger partial charge in [-0.05, 0) is 53.9 Å². The van der Waals surface area contributed by atoms with Crippen molar-refractivity contribution >= 4 is 73.2 Å². The molecule has 0 atom stereocenters. The van der Waals surface area contributed by atoms with Crippen LogP contribution >= 0.6 is 46.4 Å². The summed E-state index contributed by atoms with van der Waals surface area (Å²) in [6.07, 6.45) is 3.71. The Labute approximate surface area is 161 Å². The number of nitrogens with zero attached hydrogens (tertiary/aromatic N) is 3. The highest BCUT2D eigenvalue weighted by Crippen LogP contribution is 2.32. The fraction of sp³-hybridized carbons (Fsp3) is 0.0625. The lowest BCUT2D eigenvalue weighted by Crippen LogP contribution is -1.94. The SMILES string of the molecule is CSc1nccc(Nc2nc3ccc(NSc4cccs4)cc3s2)n1. The Hall–Kier alpha value is -1.81. The molecule has 5 nitrogen and oxygen atoms in total. The molecule has 4 aromatic rings. The lowest BCUT2D eigenvalue weighted by Gasteiger charge is -2.02. The third-order valence-electron chi connectivity index (χ3n) is 3.20. The maximum atomic E-state index is 4.62. The zero-order chi connectivity index (χ0) is 17.1. The van der Waals surface area contributed by atoms with Gasteiger partial charge in [0.1, 0.15) is 5.82 Å². The number of fused-ring (bicyclic) bond motifs is 1. The molecule has 2 N–H and O–H groups in total. The van der Waals surface area contributed by atoms with Crippen LogP contribution in [0.1, 0.15) is 0 Å². The van der Waals surface area contributed by atoms with E-state index >= 15 is 0 Å². The van der Waals surface area contributed by atoms with Crippen LogP contribution in [0.15, 0.2) is 57.3 Å². The Bertz CT molecular complexity index is 983. The van der Waals surface area contributed by atoms with E-state index in [1.165, 1.54) is 16.0 Å². The molecule has 0 fully saturated rings. The first kappa shape index (κ1) is 16.6. The van der Waals surface area contributed by atoms with Crippen molar-refractivity contribution < 1.29 is 0 Å². The minimum atomic E-state index is 0.739. The summed E-state index contributed by atoms with van der Waals surface area (Å²) in [5, 5.41) is 6.90. The van der Waals surface area contributed by atoms with E-state index in [2.05, 4.69) is 48.6 Å². The standard InChI is InChI=1S/C16H13N5S4/c1-22-15-17-7-6-13(19-15)20-16-18-11-5-4-10(9-12(11)24-16)21-25-14-3-2-8-23-14/h2-9,21H,1H3,(H,17,18,19,20). The summed E-state index contributed by atoms with van der Waals surface area (Å²) < 4.78 is 5.74. The molecule has 0 aliphatic carbocycles. The van der Waals surface area contributed by atoms with Crippen LogP contribution in [0.4, 0.5) is 16.6 Å². The molecule has 1 aromatic carbocycles. The molecule has 3 aromatic heterocycles. The minimum Gasteiger partial charge on any atom is -0.325 e. The molecule has 0 amide bonds. The van der Waals surface area contributed by atoms with Crippen LogP contribution in [-0.2, 0) is 0 Å². The van der Waals surface area contributed by atoms with E-state index in [1.54, 1.807) is 40.8 Å². The van der Waals surface area contributed by atoms with E-state index in [1.807, 2.05) is 24.5 Å². The monoisotopic (exact) mass is 403 g/mol. The first-order chi connectivity index (χ1) is 12.3. The molecule has 0 unspecified atom stereocenters. The highest BCUT2D eigenvalue weighted by molar-refractivity contribution is 8.02. The van der Waals surface area contributed by atoms with Crippen LogP contribution in [0.3, 0.4) is 0 Å². The van der Waals surface area contributed by atoms with Gasteiger partial charge in [0.15, 0.2) is 10.3 Å². The van der Waals surface area contributed by atoms with Crippen molar-refractivity contribution in [1.29, 1.82) is 0 Å². The highest BCUT2D eigenvalue weighted by atomic mass is 32.2. The minimum absolute atomic E-state index is 0.739. The smallest absolute Gasteiger partial charge is 0.189 e. The third kappa shape index (κ3) is 4.06. The van der Waals surface area contributed by atoms with Crippen molar-refractivity contribution in [2.45, 2.75) is 9.37 Å². The largest absolute Gasteiger partial charge is 0.325 e. The second kappa shape index (κ2) is 7.61. The molecule has 0 bridgehead atoms. The average Bonchev–Trinajstić information content (AvgIpc) is 3.28. The molecule has 0 saturated carbocycles. The van der Waals surface area contributed by atoms with Gasteiger partial charge in [0, 0.05) is 11.9 Å². The van der Waals surface area contributed by atoms with Crippen molar-refractivity contribution in [3.05, 3.63) is 48.0 Å². The molecular formula is C16H13N5S4. The van der Waals surface area contributed by atoms with Crippen LogP contribution in [0.5, 0.6) is 0 Å². The van der Waals surface area contributed by atoms with E-state index in [-0.39, 0.29) is 0 Å². The second-order valence-electron chi connectivity index (χ2n) is 4.89. The Morgan fingerprint density at radius 2 is 2.08 bits per heavy atom. The van der Waals surface area contributed by atoms with Crippen molar-refractivity contribution in [2.75, 3.05) is 16.3 Å². The fourth-order valence-electron chi connectivity index (χ4n) is 2.09. The number of hydrogen-bond acceptors (Lipinski definition) is 9. The molecule has 0 spiro atoms. The van der Waals surface area contributed by atoms with Crippen LogP contribution in [-0.4, -0.2) is 21.2 Å². The van der Waals surface area contributed by atoms with Crippen LogP contribution in [0, 0.1) is 0 Å². The molecule has 3 heterocycles. The number of thiazole rings is 1. The van der Waals surface area contributed by atoms with Gasteiger partial charge in [-0.25, -0.2) is 15.0 Å². The number of thioether (sulfide) groups is 1. The van der Waals surface area contributed by atoms with Crippen molar-refractivity contribution in [3.8, 4) is 0 Å². The summed E-state index contributed by atoms with van der Waals surface area (Å²) in [4.78, 5) is 13.2. The second-order valence-corrected chi connectivity index (χ2v) is 8.75. The maximum Gasteiger partial charge on any atom is 0.189 e.